The Morgan fingerprint density at radius 1 is 1.11 bits per heavy atom. The lowest BCUT2D eigenvalue weighted by Gasteiger charge is -2.35. The average Bonchev–Trinajstić information content (AvgIpc) is 3.44. The van der Waals surface area contributed by atoms with Crippen LogP contribution in [0.15, 0.2) is 35.5 Å². The normalized spacial score (nSPS) is 27.2. The first-order chi connectivity index (χ1) is 21.3. The number of ether oxygens (including phenoxy) is 1. The van der Waals surface area contributed by atoms with Crippen molar-refractivity contribution in [3.63, 3.8) is 0 Å². The second kappa shape index (κ2) is 11.5. The summed E-state index contributed by atoms with van der Waals surface area (Å²) < 4.78 is 52.5. The van der Waals surface area contributed by atoms with E-state index >= 15 is 4.39 Å². The van der Waals surface area contributed by atoms with Gasteiger partial charge >= 0.3 is 0 Å². The number of aromatic hydroxyl groups is 1. The average molecular weight is 610 g/mol. The van der Waals surface area contributed by atoms with Crippen LogP contribution in [0.5, 0.6) is 5.75 Å². The van der Waals surface area contributed by atoms with Crippen LogP contribution in [0.25, 0.3) is 22.0 Å². The first-order valence-electron chi connectivity index (χ1n) is 15.7. The molecule has 44 heavy (non-hydrogen) atoms. The molecule has 3 fully saturated rings. The molecule has 4 atom stereocenters. The molecule has 7 rings (SSSR count). The number of aliphatic hydroxyl groups is 1. The van der Waals surface area contributed by atoms with Crippen molar-refractivity contribution in [3.8, 4) is 17.0 Å². The molecule has 234 valence electrons. The predicted octanol–water partition coefficient (Wildman–Crippen LogP) is 5.34. The number of rotatable bonds is 5. The molecule has 2 unspecified atom stereocenters. The van der Waals surface area contributed by atoms with Gasteiger partial charge in [0.2, 0.25) is 6.35 Å². The van der Waals surface area contributed by atoms with E-state index < -0.39 is 35.8 Å². The number of aliphatic imine (C=N–C) groups is 1. The second-order valence-corrected chi connectivity index (χ2v) is 12.6. The van der Waals surface area contributed by atoms with Crippen LogP contribution in [0.1, 0.15) is 56.6 Å². The van der Waals surface area contributed by atoms with Gasteiger partial charge in [-0.25, -0.2) is 18.2 Å². The Labute approximate surface area is 254 Å². The summed E-state index contributed by atoms with van der Waals surface area (Å²) in [5.41, 5.74) is 0.889. The lowest BCUT2D eigenvalue weighted by atomic mass is 9.94. The van der Waals surface area contributed by atoms with E-state index in [4.69, 9.17) is 9.73 Å². The van der Waals surface area contributed by atoms with Crippen molar-refractivity contribution in [1.82, 2.24) is 14.8 Å². The van der Waals surface area contributed by atoms with Crippen LogP contribution in [-0.2, 0) is 11.2 Å². The number of pyridine rings is 1. The van der Waals surface area contributed by atoms with Gasteiger partial charge in [-0.1, -0.05) is 13.0 Å². The number of nitrogens with zero attached hydrogens (tertiary/aromatic N) is 4. The third-order valence-electron chi connectivity index (χ3n) is 9.80. The molecule has 0 bridgehead atoms. The van der Waals surface area contributed by atoms with Crippen molar-refractivity contribution in [2.24, 2.45) is 4.99 Å². The van der Waals surface area contributed by atoms with Crippen molar-refractivity contribution in [2.45, 2.75) is 76.0 Å². The number of aromatic nitrogens is 1. The number of nitrogens with one attached hydrogen (secondary N) is 1. The molecule has 0 amide bonds. The fourth-order valence-corrected chi connectivity index (χ4v) is 7.66. The molecule has 8 nitrogen and oxygen atoms in total. The molecule has 3 saturated heterocycles. The number of benzene rings is 2. The molecule has 11 heteroatoms. The first kappa shape index (κ1) is 29.3. The smallest absolute Gasteiger partial charge is 0.227 e. The number of halogens is 3. The van der Waals surface area contributed by atoms with Crippen LogP contribution in [0, 0.1) is 11.6 Å². The summed E-state index contributed by atoms with van der Waals surface area (Å²) in [6.45, 7) is 4.48. The summed E-state index contributed by atoms with van der Waals surface area (Å²) in [6, 6.07) is 5.87. The zero-order chi connectivity index (χ0) is 30.6. The first-order valence-corrected chi connectivity index (χ1v) is 15.7. The Hall–Kier alpha value is -3.41. The summed E-state index contributed by atoms with van der Waals surface area (Å²) in [5, 5.41) is 25.0. The lowest BCUT2D eigenvalue weighted by molar-refractivity contribution is 0.00163. The number of aryl methyl sites for hydroxylation is 1. The Kier molecular flexibility index (Phi) is 7.66. The molecular weight excluding hydrogens is 571 g/mol. The topological polar surface area (TPSA) is 93.5 Å². The Morgan fingerprint density at radius 3 is 2.82 bits per heavy atom. The van der Waals surface area contributed by atoms with Crippen LogP contribution in [0.2, 0.25) is 0 Å². The fraction of sp³-hybridized carbons (Fsp3) is 0.515. The molecule has 4 aliphatic heterocycles. The third kappa shape index (κ3) is 5.08. The molecule has 0 aliphatic carbocycles. The summed E-state index contributed by atoms with van der Waals surface area (Å²) in [6.07, 6.45) is 3.86. The molecule has 0 spiro atoms. The van der Waals surface area contributed by atoms with Crippen LogP contribution >= 0.6 is 0 Å². The predicted molar refractivity (Wildman–Crippen MR) is 163 cm³/mol. The Morgan fingerprint density at radius 2 is 1.98 bits per heavy atom. The van der Waals surface area contributed by atoms with Gasteiger partial charge in [-0.05, 0) is 79.6 Å². The molecule has 2 aromatic carbocycles. The van der Waals surface area contributed by atoms with Gasteiger partial charge in [0.05, 0.1) is 24.0 Å². The van der Waals surface area contributed by atoms with E-state index in [-0.39, 0.29) is 23.7 Å². The highest BCUT2D eigenvalue weighted by molar-refractivity contribution is 6.06. The molecule has 3 N–H and O–H groups in total. The monoisotopic (exact) mass is 609 g/mol. The number of fused-ring (bicyclic) bond motifs is 3. The minimum atomic E-state index is -0.935. The largest absolute Gasteiger partial charge is 0.508 e. The van der Waals surface area contributed by atoms with Gasteiger partial charge in [-0.2, -0.15) is 0 Å². The number of alkyl halides is 1. The number of anilines is 1. The van der Waals surface area contributed by atoms with Crippen LogP contribution < -0.4 is 5.32 Å². The maximum atomic E-state index is 16.8. The maximum absolute atomic E-state index is 16.8. The van der Waals surface area contributed by atoms with E-state index in [0.29, 0.717) is 78.6 Å². The quantitative estimate of drug-likeness (QED) is 0.360. The minimum Gasteiger partial charge on any atom is -0.508 e. The number of phenols is 1. The highest BCUT2D eigenvalue weighted by Gasteiger charge is 2.49. The van der Waals surface area contributed by atoms with E-state index in [1.165, 1.54) is 18.2 Å². The number of hydrogen-bond acceptors (Lipinski definition) is 8. The summed E-state index contributed by atoms with van der Waals surface area (Å²) >= 11 is 0. The zero-order valence-corrected chi connectivity index (χ0v) is 24.8. The second-order valence-electron chi connectivity index (χ2n) is 12.6. The minimum absolute atomic E-state index is 0.0274. The van der Waals surface area contributed by atoms with Gasteiger partial charge in [0.1, 0.15) is 29.3 Å². The van der Waals surface area contributed by atoms with Crippen molar-refractivity contribution in [2.75, 3.05) is 38.1 Å². The molecule has 4 aliphatic rings. The zero-order valence-electron chi connectivity index (χ0n) is 24.8. The Bertz CT molecular complexity index is 1620. The van der Waals surface area contributed by atoms with Gasteiger partial charge in [0.25, 0.3) is 0 Å². The summed E-state index contributed by atoms with van der Waals surface area (Å²) in [4.78, 5) is 13.6. The van der Waals surface area contributed by atoms with Crippen molar-refractivity contribution in [3.05, 3.63) is 53.2 Å². The molecular formula is C33H38F3N5O3. The summed E-state index contributed by atoms with van der Waals surface area (Å²) in [5.74, 6) is -0.630. The molecule has 1 aromatic heterocycles. The SMILES string of the molecule is CCc1c(F)ccc2cc(O)cc(-c3ncc4c(c3F)NC(OC[C@]35CCCN3C[C@@H](F)C5)N=C4N3CCCC(O)CC3)c12. The number of phenolic OH excluding ortho intramolecular Hbond substituents is 1. The van der Waals surface area contributed by atoms with Crippen molar-refractivity contribution in [1.29, 1.82) is 0 Å². The number of amidine groups is 1. The van der Waals surface area contributed by atoms with Crippen LogP contribution in [0.4, 0.5) is 18.9 Å². The van der Waals surface area contributed by atoms with E-state index in [9.17, 15) is 19.0 Å². The molecule has 0 radical (unpaired) electrons. The number of aliphatic hydroxyl groups excluding tert-OH is 1. The van der Waals surface area contributed by atoms with Gasteiger partial charge in [0.15, 0.2) is 5.82 Å². The summed E-state index contributed by atoms with van der Waals surface area (Å²) in [7, 11) is 0. The van der Waals surface area contributed by atoms with Gasteiger partial charge in [-0.3, -0.25) is 9.88 Å². The van der Waals surface area contributed by atoms with E-state index in [1.54, 1.807) is 12.3 Å². The molecule has 0 saturated carbocycles. The van der Waals surface area contributed by atoms with Crippen molar-refractivity contribution < 1.29 is 28.1 Å². The van der Waals surface area contributed by atoms with Gasteiger partial charge in [0, 0.05) is 43.4 Å². The fourth-order valence-electron chi connectivity index (χ4n) is 7.66. The molecule has 3 aromatic rings. The Balaban J connectivity index is 1.30. The van der Waals surface area contributed by atoms with E-state index in [1.807, 2.05) is 11.8 Å². The highest BCUT2D eigenvalue weighted by atomic mass is 19.1. The van der Waals surface area contributed by atoms with Gasteiger partial charge in [-0.15, -0.1) is 0 Å². The third-order valence-corrected chi connectivity index (χ3v) is 9.80. The van der Waals surface area contributed by atoms with E-state index in [0.717, 1.165) is 25.8 Å². The van der Waals surface area contributed by atoms with Gasteiger partial charge < -0.3 is 25.2 Å². The van der Waals surface area contributed by atoms with Crippen molar-refractivity contribution >= 4 is 22.3 Å². The van der Waals surface area contributed by atoms with E-state index in [2.05, 4.69) is 15.2 Å². The van der Waals surface area contributed by atoms with Crippen LogP contribution in [-0.4, -0.2) is 87.8 Å². The number of likely N-dealkylation sites (tertiary alicyclic amines) is 1. The standard InChI is InChI=1S/C33H38F3N5O3/c1-2-23-26(35)7-6-19-13-22(43)14-24(27(19)23)29-28(36)30-25(16-37-29)31(40-10-3-5-21(42)8-12-40)39-32(38-30)44-18-33-9-4-11-41(33)17-20(34)15-33/h6-7,13-14,16,20-21,32,38,42-43H,2-5,8-12,15,17-18H2,1H3/t20-,21?,32?,33+/m0/s1. The molecule has 5 heterocycles. The maximum Gasteiger partial charge on any atom is 0.227 e. The highest BCUT2D eigenvalue weighted by Crippen LogP contribution is 2.42. The van der Waals surface area contributed by atoms with Crippen LogP contribution in [0.3, 0.4) is 0 Å². The lowest BCUT2D eigenvalue weighted by Crippen LogP contribution is -2.45. The number of hydrogen-bond donors (Lipinski definition) is 3.